The quantitative estimate of drug-likeness (QED) is 0.902. The maximum atomic E-state index is 6.00. The van der Waals surface area contributed by atoms with E-state index in [0.717, 1.165) is 48.1 Å². The molecule has 0 fully saturated rings. The van der Waals surface area contributed by atoms with E-state index in [1.807, 2.05) is 24.3 Å². The van der Waals surface area contributed by atoms with Crippen molar-refractivity contribution >= 4 is 0 Å². The highest BCUT2D eigenvalue weighted by Crippen LogP contribution is 2.34. The van der Waals surface area contributed by atoms with Crippen LogP contribution >= 0.6 is 0 Å². The Bertz CT molecular complexity index is 761. The van der Waals surface area contributed by atoms with Crippen molar-refractivity contribution in [3.05, 3.63) is 47.5 Å². The van der Waals surface area contributed by atoms with Crippen molar-refractivity contribution in [2.24, 2.45) is 0 Å². The highest BCUT2D eigenvalue weighted by atomic mass is 16.6. The zero-order chi connectivity index (χ0) is 17.2. The first-order valence-corrected chi connectivity index (χ1v) is 8.79. The standard InChI is InChI=1S/C20H23NO4/c1-13-7-14-8-19(22-2)15(9-20(14)24-13)10-21-11-16-12-23-17-5-3-4-6-18(17)25-16/h3-6,8-9,13,16,21H,7,10-12H2,1-2H3/p+1/t13-,16-/m1/s1. The summed E-state index contributed by atoms with van der Waals surface area (Å²) < 4.78 is 23.2. The summed E-state index contributed by atoms with van der Waals surface area (Å²) >= 11 is 0. The topological polar surface area (TPSA) is 53.5 Å². The number of nitrogens with two attached hydrogens (primary N) is 1. The lowest BCUT2D eigenvalue weighted by Gasteiger charge is -2.25. The smallest absolute Gasteiger partial charge is 0.181 e. The number of benzene rings is 2. The molecule has 0 saturated heterocycles. The molecule has 2 aliphatic heterocycles. The molecule has 0 saturated carbocycles. The minimum atomic E-state index is 0.0478. The summed E-state index contributed by atoms with van der Waals surface area (Å²) in [7, 11) is 1.72. The lowest BCUT2D eigenvalue weighted by molar-refractivity contribution is -0.676. The Morgan fingerprint density at radius 2 is 1.96 bits per heavy atom. The Kier molecular flexibility index (Phi) is 4.40. The van der Waals surface area contributed by atoms with Gasteiger partial charge in [-0.25, -0.2) is 0 Å². The number of fused-ring (bicyclic) bond motifs is 2. The molecule has 25 heavy (non-hydrogen) atoms. The van der Waals surface area contributed by atoms with Crippen LogP contribution in [0.5, 0.6) is 23.0 Å². The third-order valence-electron chi connectivity index (χ3n) is 4.66. The van der Waals surface area contributed by atoms with Gasteiger partial charge in [0, 0.05) is 12.0 Å². The van der Waals surface area contributed by atoms with Crippen molar-refractivity contribution < 1.29 is 24.3 Å². The summed E-state index contributed by atoms with van der Waals surface area (Å²) in [6.45, 7) is 4.31. The van der Waals surface area contributed by atoms with Crippen molar-refractivity contribution in [2.75, 3.05) is 20.3 Å². The first-order valence-electron chi connectivity index (χ1n) is 8.79. The van der Waals surface area contributed by atoms with Crippen LogP contribution in [-0.4, -0.2) is 32.5 Å². The third-order valence-corrected chi connectivity index (χ3v) is 4.66. The number of rotatable bonds is 5. The maximum Gasteiger partial charge on any atom is 0.181 e. The Balaban J connectivity index is 1.37. The van der Waals surface area contributed by atoms with E-state index >= 15 is 0 Å². The van der Waals surface area contributed by atoms with Gasteiger partial charge in [-0.05, 0) is 31.2 Å². The fourth-order valence-electron chi connectivity index (χ4n) is 3.43. The molecule has 2 aliphatic rings. The molecular weight excluding hydrogens is 318 g/mol. The second-order valence-electron chi connectivity index (χ2n) is 6.63. The summed E-state index contributed by atoms with van der Waals surface area (Å²) in [5.41, 5.74) is 2.38. The fourth-order valence-corrected chi connectivity index (χ4v) is 3.43. The van der Waals surface area contributed by atoms with Crippen molar-refractivity contribution in [3.63, 3.8) is 0 Å². The minimum Gasteiger partial charge on any atom is -0.496 e. The molecule has 2 N–H and O–H groups in total. The molecule has 0 unspecified atom stereocenters. The Morgan fingerprint density at radius 1 is 1.12 bits per heavy atom. The van der Waals surface area contributed by atoms with Crippen LogP contribution in [-0.2, 0) is 13.0 Å². The first-order chi connectivity index (χ1) is 12.2. The number of quaternary nitrogens is 1. The molecule has 2 heterocycles. The number of ether oxygens (including phenoxy) is 4. The number of hydrogen-bond donors (Lipinski definition) is 1. The number of para-hydroxylation sites is 2. The summed E-state index contributed by atoms with van der Waals surface area (Å²) in [5, 5.41) is 2.23. The van der Waals surface area contributed by atoms with Crippen LogP contribution in [0.25, 0.3) is 0 Å². The monoisotopic (exact) mass is 342 g/mol. The van der Waals surface area contributed by atoms with Crippen LogP contribution < -0.4 is 24.3 Å². The highest BCUT2D eigenvalue weighted by Gasteiger charge is 2.24. The van der Waals surface area contributed by atoms with Crippen LogP contribution in [0.15, 0.2) is 36.4 Å². The van der Waals surface area contributed by atoms with E-state index < -0.39 is 0 Å². The van der Waals surface area contributed by atoms with Gasteiger partial charge in [-0.2, -0.15) is 0 Å². The molecule has 2 aromatic rings. The third kappa shape index (κ3) is 3.37. The highest BCUT2D eigenvalue weighted by molar-refractivity contribution is 5.48. The van der Waals surface area contributed by atoms with Gasteiger partial charge in [-0.3, -0.25) is 0 Å². The fraction of sp³-hybridized carbons (Fsp3) is 0.400. The van der Waals surface area contributed by atoms with E-state index in [2.05, 4.69) is 24.4 Å². The molecule has 5 heteroatoms. The first kappa shape index (κ1) is 16.1. The van der Waals surface area contributed by atoms with Gasteiger partial charge < -0.3 is 24.3 Å². The SMILES string of the molecule is COc1cc2c(cc1C[NH2+]C[C@@H]1COc3ccccc3O1)O[C@H](C)C2. The largest absolute Gasteiger partial charge is 0.496 e. The van der Waals surface area contributed by atoms with Gasteiger partial charge in [0.1, 0.15) is 37.3 Å². The number of methoxy groups -OCH3 is 1. The van der Waals surface area contributed by atoms with Crippen molar-refractivity contribution in [3.8, 4) is 23.0 Å². The Labute approximate surface area is 147 Å². The molecule has 0 aromatic heterocycles. The van der Waals surface area contributed by atoms with E-state index in [4.69, 9.17) is 18.9 Å². The summed E-state index contributed by atoms with van der Waals surface area (Å²) in [6, 6.07) is 12.0. The van der Waals surface area contributed by atoms with Crippen LogP contribution in [0.3, 0.4) is 0 Å². The van der Waals surface area contributed by atoms with Crippen LogP contribution in [0.2, 0.25) is 0 Å². The predicted molar refractivity (Wildman–Crippen MR) is 93.6 cm³/mol. The molecule has 0 radical (unpaired) electrons. The van der Waals surface area contributed by atoms with Gasteiger partial charge in [-0.1, -0.05) is 12.1 Å². The van der Waals surface area contributed by atoms with E-state index in [0.29, 0.717) is 6.61 Å². The molecule has 2 atom stereocenters. The van der Waals surface area contributed by atoms with E-state index in [1.165, 1.54) is 5.56 Å². The van der Waals surface area contributed by atoms with Gasteiger partial charge in [0.25, 0.3) is 0 Å². The minimum absolute atomic E-state index is 0.0478. The molecule has 4 rings (SSSR count). The Morgan fingerprint density at radius 3 is 2.80 bits per heavy atom. The summed E-state index contributed by atoms with van der Waals surface area (Å²) in [5.74, 6) is 3.57. The van der Waals surface area contributed by atoms with Gasteiger partial charge in [0.15, 0.2) is 17.6 Å². The summed E-state index contributed by atoms with van der Waals surface area (Å²) in [6.07, 6.45) is 1.24. The second kappa shape index (κ2) is 6.84. The van der Waals surface area contributed by atoms with Gasteiger partial charge in [0.2, 0.25) is 0 Å². The molecule has 0 amide bonds. The Hall–Kier alpha value is -2.40. The average Bonchev–Trinajstić information content (AvgIpc) is 2.99. The maximum absolute atomic E-state index is 6.00. The van der Waals surface area contributed by atoms with E-state index in [9.17, 15) is 0 Å². The summed E-state index contributed by atoms with van der Waals surface area (Å²) in [4.78, 5) is 0. The van der Waals surface area contributed by atoms with Crippen LogP contribution in [0.1, 0.15) is 18.1 Å². The zero-order valence-corrected chi connectivity index (χ0v) is 14.7. The molecule has 0 bridgehead atoms. The van der Waals surface area contributed by atoms with Gasteiger partial charge in [-0.15, -0.1) is 0 Å². The number of hydrogen-bond acceptors (Lipinski definition) is 4. The van der Waals surface area contributed by atoms with Gasteiger partial charge >= 0.3 is 0 Å². The molecule has 132 valence electrons. The molecule has 5 nitrogen and oxygen atoms in total. The van der Waals surface area contributed by atoms with Crippen molar-refractivity contribution in [1.29, 1.82) is 0 Å². The molecule has 2 aromatic carbocycles. The van der Waals surface area contributed by atoms with E-state index in [1.54, 1.807) is 7.11 Å². The predicted octanol–water partition coefficient (Wildman–Crippen LogP) is 1.92. The second-order valence-corrected chi connectivity index (χ2v) is 6.63. The van der Waals surface area contributed by atoms with Crippen molar-refractivity contribution in [1.82, 2.24) is 0 Å². The average molecular weight is 342 g/mol. The van der Waals surface area contributed by atoms with Crippen LogP contribution in [0.4, 0.5) is 0 Å². The molecule has 0 aliphatic carbocycles. The normalized spacial score (nSPS) is 20.7. The van der Waals surface area contributed by atoms with Crippen LogP contribution in [0, 0.1) is 0 Å². The zero-order valence-electron chi connectivity index (χ0n) is 14.7. The lowest BCUT2D eigenvalue weighted by Crippen LogP contribution is -2.85. The van der Waals surface area contributed by atoms with E-state index in [-0.39, 0.29) is 12.2 Å². The molecular formula is C20H24NO4+. The van der Waals surface area contributed by atoms with Gasteiger partial charge in [0.05, 0.1) is 12.7 Å². The molecule has 0 spiro atoms. The lowest BCUT2D eigenvalue weighted by atomic mass is 10.1. The van der Waals surface area contributed by atoms with Crippen molar-refractivity contribution in [2.45, 2.75) is 32.1 Å².